The topological polar surface area (TPSA) is 108 Å². The minimum atomic E-state index is -1.00. The fraction of sp³-hybridized carbons (Fsp3) is 0.654. The van der Waals surface area contributed by atoms with E-state index in [2.05, 4.69) is 10.6 Å². The van der Waals surface area contributed by atoms with Crippen LogP contribution in [0.4, 0.5) is 4.79 Å². The van der Waals surface area contributed by atoms with Crippen molar-refractivity contribution in [3.63, 3.8) is 0 Å². The minimum absolute atomic E-state index is 0.0449. The van der Waals surface area contributed by atoms with Crippen LogP contribution in [0.15, 0.2) is 24.3 Å². The van der Waals surface area contributed by atoms with Gasteiger partial charge in [0, 0.05) is 18.2 Å². The summed E-state index contributed by atoms with van der Waals surface area (Å²) < 4.78 is 5.39. The monoisotopic (exact) mass is 475 g/mol. The van der Waals surface area contributed by atoms with Crippen LogP contribution in [0.5, 0.6) is 5.75 Å². The van der Waals surface area contributed by atoms with Crippen molar-refractivity contribution in [3.8, 4) is 5.75 Å². The van der Waals surface area contributed by atoms with Gasteiger partial charge in [-0.05, 0) is 58.4 Å². The highest BCUT2D eigenvalue weighted by Gasteiger charge is 2.43. The van der Waals surface area contributed by atoms with E-state index in [0.29, 0.717) is 12.1 Å². The van der Waals surface area contributed by atoms with E-state index in [1.165, 1.54) is 6.07 Å². The molecule has 0 spiro atoms. The van der Waals surface area contributed by atoms with E-state index in [4.69, 9.17) is 4.74 Å². The van der Waals surface area contributed by atoms with Crippen molar-refractivity contribution >= 4 is 17.9 Å². The molecular formula is C26H41N3O5. The van der Waals surface area contributed by atoms with E-state index in [9.17, 15) is 19.5 Å². The molecule has 2 atom stereocenters. The number of nitrogens with one attached hydrogen (secondary N) is 2. The molecule has 0 radical (unpaired) electrons. The lowest BCUT2D eigenvalue weighted by molar-refractivity contribution is -0.148. The number of rotatable bonds is 10. The van der Waals surface area contributed by atoms with Gasteiger partial charge in [0.2, 0.25) is 11.8 Å². The van der Waals surface area contributed by atoms with Crippen molar-refractivity contribution in [2.75, 3.05) is 6.54 Å². The Morgan fingerprint density at radius 1 is 1.18 bits per heavy atom. The van der Waals surface area contributed by atoms with Gasteiger partial charge in [0.1, 0.15) is 23.4 Å². The molecule has 34 heavy (non-hydrogen) atoms. The summed E-state index contributed by atoms with van der Waals surface area (Å²) in [5.41, 5.74) is -0.337. The summed E-state index contributed by atoms with van der Waals surface area (Å²) in [5.74, 6) is -0.980. The average Bonchev–Trinajstić information content (AvgIpc) is 2.69. The first-order valence-electron chi connectivity index (χ1n) is 12.3. The molecule has 3 N–H and O–H groups in total. The van der Waals surface area contributed by atoms with Crippen LogP contribution in [-0.4, -0.2) is 52.1 Å². The lowest BCUT2D eigenvalue weighted by Crippen LogP contribution is -2.58. The summed E-state index contributed by atoms with van der Waals surface area (Å²) in [6, 6.07) is 4.57. The van der Waals surface area contributed by atoms with Crippen LogP contribution in [0, 0.1) is 5.92 Å². The molecule has 1 fully saturated rings. The van der Waals surface area contributed by atoms with Crippen molar-refractivity contribution in [2.24, 2.45) is 5.92 Å². The number of carbonyl (C=O) groups excluding carboxylic acids is 3. The van der Waals surface area contributed by atoms with E-state index < -0.39 is 23.8 Å². The number of benzene rings is 1. The molecule has 0 aromatic heterocycles. The Morgan fingerprint density at radius 3 is 2.32 bits per heavy atom. The molecule has 0 saturated heterocycles. The number of unbranched alkanes of at least 4 members (excludes halogenated alkanes) is 1. The number of para-hydroxylation sites is 1. The second-order valence-corrected chi connectivity index (χ2v) is 10.3. The van der Waals surface area contributed by atoms with E-state index in [-0.39, 0.29) is 29.5 Å². The van der Waals surface area contributed by atoms with Crippen LogP contribution >= 0.6 is 0 Å². The SMILES string of the molecule is CCCCNC(=O)C(c1ccccc1O)N(C(=O)C(NC(=O)OC(C)(C)C)C(C)C)C1CCC1. The molecule has 2 rings (SSSR count). The molecule has 0 bridgehead atoms. The molecule has 1 aliphatic carbocycles. The standard InChI is InChI=1S/C26H41N3O5/c1-7-8-16-27-23(31)22(19-14-9-10-15-20(19)30)29(18-12-11-13-18)24(32)21(17(2)3)28-25(33)34-26(4,5)6/h9-10,14-15,17-18,21-22,30H,7-8,11-13,16H2,1-6H3,(H,27,31)(H,28,33). The Morgan fingerprint density at radius 2 is 1.82 bits per heavy atom. The van der Waals surface area contributed by atoms with Crippen molar-refractivity contribution < 1.29 is 24.2 Å². The van der Waals surface area contributed by atoms with Crippen LogP contribution < -0.4 is 10.6 Å². The Labute approximate surface area is 203 Å². The van der Waals surface area contributed by atoms with Gasteiger partial charge in [-0.3, -0.25) is 9.59 Å². The molecule has 8 heteroatoms. The highest BCUT2D eigenvalue weighted by molar-refractivity contribution is 5.93. The van der Waals surface area contributed by atoms with Gasteiger partial charge >= 0.3 is 6.09 Å². The Hall–Kier alpha value is -2.77. The molecule has 1 saturated carbocycles. The molecule has 1 aromatic rings. The number of phenols is 1. The van der Waals surface area contributed by atoms with Crippen molar-refractivity contribution in [2.45, 2.75) is 97.4 Å². The third-order valence-corrected chi connectivity index (χ3v) is 5.91. The quantitative estimate of drug-likeness (QED) is 0.438. The predicted molar refractivity (Wildman–Crippen MR) is 131 cm³/mol. The molecule has 1 aliphatic rings. The Kier molecular flexibility index (Phi) is 9.77. The fourth-order valence-electron chi connectivity index (χ4n) is 3.91. The Balaban J connectivity index is 2.44. The highest BCUT2D eigenvalue weighted by atomic mass is 16.6. The second-order valence-electron chi connectivity index (χ2n) is 10.3. The fourth-order valence-corrected chi connectivity index (χ4v) is 3.91. The van der Waals surface area contributed by atoms with Gasteiger partial charge in [-0.1, -0.05) is 45.4 Å². The summed E-state index contributed by atoms with van der Waals surface area (Å²) in [7, 11) is 0. The molecule has 0 heterocycles. The zero-order chi connectivity index (χ0) is 25.5. The molecule has 190 valence electrons. The van der Waals surface area contributed by atoms with Crippen molar-refractivity contribution in [3.05, 3.63) is 29.8 Å². The second kappa shape index (κ2) is 12.1. The predicted octanol–water partition coefficient (Wildman–Crippen LogP) is 4.28. The lowest BCUT2D eigenvalue weighted by Gasteiger charge is -2.44. The minimum Gasteiger partial charge on any atom is -0.508 e. The van der Waals surface area contributed by atoms with Gasteiger partial charge in [-0.25, -0.2) is 4.79 Å². The van der Waals surface area contributed by atoms with Gasteiger partial charge in [-0.15, -0.1) is 0 Å². The first-order chi connectivity index (χ1) is 16.0. The van der Waals surface area contributed by atoms with Gasteiger partial charge < -0.3 is 25.4 Å². The number of carbonyl (C=O) groups is 3. The van der Waals surface area contributed by atoms with Gasteiger partial charge in [-0.2, -0.15) is 0 Å². The largest absolute Gasteiger partial charge is 0.508 e. The first-order valence-corrected chi connectivity index (χ1v) is 12.3. The summed E-state index contributed by atoms with van der Waals surface area (Å²) in [6.45, 7) is 11.5. The summed E-state index contributed by atoms with van der Waals surface area (Å²) in [4.78, 5) is 41.5. The van der Waals surface area contributed by atoms with E-state index in [1.54, 1.807) is 43.9 Å². The van der Waals surface area contributed by atoms with E-state index in [0.717, 1.165) is 32.1 Å². The maximum atomic E-state index is 14.0. The summed E-state index contributed by atoms with van der Waals surface area (Å²) >= 11 is 0. The first kappa shape index (κ1) is 27.5. The zero-order valence-electron chi connectivity index (χ0n) is 21.4. The summed E-state index contributed by atoms with van der Waals surface area (Å²) in [6.07, 6.45) is 3.52. The number of hydrogen-bond donors (Lipinski definition) is 3. The van der Waals surface area contributed by atoms with Crippen molar-refractivity contribution in [1.82, 2.24) is 15.5 Å². The molecule has 2 unspecified atom stereocenters. The maximum absolute atomic E-state index is 14.0. The van der Waals surface area contributed by atoms with Crippen LogP contribution in [-0.2, 0) is 14.3 Å². The van der Waals surface area contributed by atoms with Crippen LogP contribution in [0.3, 0.4) is 0 Å². The number of alkyl carbamates (subject to hydrolysis) is 1. The maximum Gasteiger partial charge on any atom is 0.408 e. The highest BCUT2D eigenvalue weighted by Crippen LogP contribution is 2.37. The number of aromatic hydroxyl groups is 1. The number of amides is 3. The third kappa shape index (κ3) is 7.37. The molecular weight excluding hydrogens is 434 g/mol. The molecule has 3 amide bonds. The van der Waals surface area contributed by atoms with Crippen LogP contribution in [0.25, 0.3) is 0 Å². The number of phenolic OH excluding ortho intramolecular Hbond substituents is 1. The van der Waals surface area contributed by atoms with Gasteiger partial charge in [0.15, 0.2) is 0 Å². The summed E-state index contributed by atoms with van der Waals surface area (Å²) in [5, 5.41) is 16.3. The average molecular weight is 476 g/mol. The molecule has 1 aromatic carbocycles. The number of ether oxygens (including phenoxy) is 1. The lowest BCUT2D eigenvalue weighted by atomic mass is 9.87. The van der Waals surface area contributed by atoms with Crippen LogP contribution in [0.1, 0.15) is 85.3 Å². The van der Waals surface area contributed by atoms with E-state index >= 15 is 0 Å². The van der Waals surface area contributed by atoms with E-state index in [1.807, 2.05) is 20.8 Å². The zero-order valence-corrected chi connectivity index (χ0v) is 21.4. The smallest absolute Gasteiger partial charge is 0.408 e. The third-order valence-electron chi connectivity index (χ3n) is 5.91. The van der Waals surface area contributed by atoms with Gasteiger partial charge in [0.25, 0.3) is 0 Å². The van der Waals surface area contributed by atoms with Crippen molar-refractivity contribution in [1.29, 1.82) is 0 Å². The number of hydrogen-bond acceptors (Lipinski definition) is 5. The van der Waals surface area contributed by atoms with Gasteiger partial charge in [0.05, 0.1) is 0 Å². The molecule has 0 aliphatic heterocycles. The normalized spacial score (nSPS) is 15.7. The molecule has 8 nitrogen and oxygen atoms in total. The number of nitrogens with zero attached hydrogens (tertiary/aromatic N) is 1. The Bertz CT molecular complexity index is 845. The van der Waals surface area contributed by atoms with Crippen LogP contribution in [0.2, 0.25) is 0 Å².